The first-order valence-corrected chi connectivity index (χ1v) is 8.49. The van der Waals surface area contributed by atoms with Crippen LogP contribution >= 0.6 is 0 Å². The van der Waals surface area contributed by atoms with E-state index in [0.717, 1.165) is 29.5 Å². The molecule has 0 atom stereocenters. The molecule has 0 spiro atoms. The maximum Gasteiger partial charge on any atom is 0.275 e. The highest BCUT2D eigenvalue weighted by Crippen LogP contribution is 2.30. The number of hydrogen-bond acceptors (Lipinski definition) is 3. The molecular weight excluding hydrogens is 314 g/mol. The van der Waals surface area contributed by atoms with Crippen molar-refractivity contribution in [2.24, 2.45) is 0 Å². The fourth-order valence-electron chi connectivity index (χ4n) is 3.55. The third-order valence-corrected chi connectivity index (χ3v) is 4.77. The van der Waals surface area contributed by atoms with Gasteiger partial charge < -0.3 is 4.90 Å². The van der Waals surface area contributed by atoms with E-state index in [4.69, 9.17) is 0 Å². The first kappa shape index (κ1) is 15.6. The van der Waals surface area contributed by atoms with Crippen LogP contribution in [0.5, 0.6) is 0 Å². The van der Waals surface area contributed by atoms with Crippen LogP contribution < -0.4 is 10.5 Å². The van der Waals surface area contributed by atoms with E-state index in [0.29, 0.717) is 11.9 Å². The zero-order valence-corrected chi connectivity index (χ0v) is 14.1. The Kier molecular flexibility index (Phi) is 3.84. The topological polar surface area (TPSA) is 55.2 Å². The minimum atomic E-state index is -0.228. The summed E-state index contributed by atoms with van der Waals surface area (Å²) in [5, 5.41) is 5.55. The molecule has 5 heteroatoms. The summed E-state index contributed by atoms with van der Waals surface area (Å²) in [6, 6.07) is 13.4. The lowest BCUT2D eigenvalue weighted by Crippen LogP contribution is -2.40. The van der Waals surface area contributed by atoms with Gasteiger partial charge in [0.25, 0.3) is 5.56 Å². The van der Waals surface area contributed by atoms with E-state index in [9.17, 15) is 9.59 Å². The summed E-state index contributed by atoms with van der Waals surface area (Å²) in [7, 11) is 0. The SMILES string of the molecule is Cc1cccc2c1N(C(=O)Cn1ncc3ccccc3c1=O)CCC2. The van der Waals surface area contributed by atoms with Crippen molar-refractivity contribution in [1.29, 1.82) is 0 Å². The van der Waals surface area contributed by atoms with Gasteiger partial charge in [-0.1, -0.05) is 36.4 Å². The number of carbonyl (C=O) groups is 1. The first-order valence-electron chi connectivity index (χ1n) is 8.49. The van der Waals surface area contributed by atoms with E-state index < -0.39 is 0 Å². The quantitative estimate of drug-likeness (QED) is 0.724. The van der Waals surface area contributed by atoms with Crippen LogP contribution in [0.15, 0.2) is 53.5 Å². The molecule has 2 aromatic carbocycles. The smallest absolute Gasteiger partial charge is 0.275 e. The van der Waals surface area contributed by atoms with Crippen molar-refractivity contribution in [1.82, 2.24) is 9.78 Å². The van der Waals surface area contributed by atoms with Crippen LogP contribution in [0.3, 0.4) is 0 Å². The van der Waals surface area contributed by atoms with E-state index in [-0.39, 0.29) is 18.0 Å². The Morgan fingerprint density at radius 1 is 1.16 bits per heavy atom. The third-order valence-electron chi connectivity index (χ3n) is 4.77. The van der Waals surface area contributed by atoms with Crippen LogP contribution in [0.25, 0.3) is 10.8 Å². The summed E-state index contributed by atoms with van der Waals surface area (Å²) in [5.74, 6) is -0.0971. The van der Waals surface area contributed by atoms with E-state index in [2.05, 4.69) is 11.2 Å². The highest BCUT2D eigenvalue weighted by atomic mass is 16.2. The number of carbonyl (C=O) groups excluding carboxylic acids is 1. The van der Waals surface area contributed by atoms with Gasteiger partial charge in [0.05, 0.1) is 11.6 Å². The number of aromatic nitrogens is 2. The predicted molar refractivity (Wildman–Crippen MR) is 97.9 cm³/mol. The van der Waals surface area contributed by atoms with Crippen LogP contribution in [0.2, 0.25) is 0 Å². The van der Waals surface area contributed by atoms with Crippen molar-refractivity contribution >= 4 is 22.4 Å². The molecule has 0 bridgehead atoms. The fourth-order valence-corrected chi connectivity index (χ4v) is 3.55. The van der Waals surface area contributed by atoms with Gasteiger partial charge in [-0.05, 0) is 37.0 Å². The largest absolute Gasteiger partial charge is 0.310 e. The van der Waals surface area contributed by atoms with Crippen LogP contribution in [-0.2, 0) is 17.8 Å². The van der Waals surface area contributed by atoms with Gasteiger partial charge in [-0.3, -0.25) is 9.59 Å². The van der Waals surface area contributed by atoms with Crippen LogP contribution in [0, 0.1) is 6.92 Å². The lowest BCUT2D eigenvalue weighted by molar-refractivity contribution is -0.119. The average Bonchev–Trinajstić information content (AvgIpc) is 2.64. The van der Waals surface area contributed by atoms with Crippen molar-refractivity contribution in [2.75, 3.05) is 11.4 Å². The number of nitrogens with zero attached hydrogens (tertiary/aromatic N) is 3. The van der Waals surface area contributed by atoms with Crippen molar-refractivity contribution in [3.05, 3.63) is 70.1 Å². The molecule has 0 fully saturated rings. The van der Waals surface area contributed by atoms with Gasteiger partial charge in [-0.25, -0.2) is 4.68 Å². The number of amides is 1. The molecule has 4 rings (SSSR count). The molecule has 0 aliphatic carbocycles. The number of fused-ring (bicyclic) bond motifs is 2. The van der Waals surface area contributed by atoms with Crippen molar-refractivity contribution < 1.29 is 4.79 Å². The Bertz CT molecular complexity index is 1020. The summed E-state index contributed by atoms with van der Waals surface area (Å²) < 4.78 is 1.26. The second kappa shape index (κ2) is 6.16. The lowest BCUT2D eigenvalue weighted by atomic mass is 9.98. The molecule has 3 aromatic rings. The molecule has 0 saturated heterocycles. The van der Waals surface area contributed by atoms with Gasteiger partial charge in [0.15, 0.2) is 0 Å². The third kappa shape index (κ3) is 2.71. The number of benzene rings is 2. The van der Waals surface area contributed by atoms with Gasteiger partial charge in [-0.2, -0.15) is 5.10 Å². The Morgan fingerprint density at radius 3 is 2.88 bits per heavy atom. The Morgan fingerprint density at radius 2 is 2.00 bits per heavy atom. The van der Waals surface area contributed by atoms with Crippen LogP contribution in [0.1, 0.15) is 17.5 Å². The molecule has 25 heavy (non-hydrogen) atoms. The van der Waals surface area contributed by atoms with Crippen molar-refractivity contribution in [2.45, 2.75) is 26.3 Å². The second-order valence-corrected chi connectivity index (χ2v) is 6.43. The molecule has 0 unspecified atom stereocenters. The highest BCUT2D eigenvalue weighted by molar-refractivity contribution is 5.95. The molecule has 1 aliphatic heterocycles. The van der Waals surface area contributed by atoms with Gasteiger partial charge in [-0.15, -0.1) is 0 Å². The number of rotatable bonds is 2. The first-order chi connectivity index (χ1) is 12.1. The van der Waals surface area contributed by atoms with E-state index in [1.54, 1.807) is 17.2 Å². The van der Waals surface area contributed by atoms with Crippen LogP contribution in [0.4, 0.5) is 5.69 Å². The summed E-state index contributed by atoms with van der Waals surface area (Å²) in [6.45, 7) is 2.65. The predicted octanol–water partition coefficient (Wildman–Crippen LogP) is 2.68. The minimum Gasteiger partial charge on any atom is -0.310 e. The molecule has 0 saturated carbocycles. The van der Waals surface area contributed by atoms with Gasteiger partial charge in [0, 0.05) is 17.6 Å². The van der Waals surface area contributed by atoms with E-state index in [1.807, 2.05) is 37.3 Å². The van der Waals surface area contributed by atoms with Gasteiger partial charge >= 0.3 is 0 Å². The molecule has 0 N–H and O–H groups in total. The minimum absolute atomic E-state index is 0.0442. The van der Waals surface area contributed by atoms with E-state index >= 15 is 0 Å². The summed E-state index contributed by atoms with van der Waals surface area (Å²) in [6.07, 6.45) is 3.55. The van der Waals surface area contributed by atoms with Crippen LogP contribution in [-0.4, -0.2) is 22.2 Å². The maximum absolute atomic E-state index is 12.9. The monoisotopic (exact) mass is 333 g/mol. The summed E-state index contributed by atoms with van der Waals surface area (Å²) >= 11 is 0. The van der Waals surface area contributed by atoms with E-state index in [1.165, 1.54) is 10.2 Å². The summed E-state index contributed by atoms with van der Waals surface area (Å²) in [5.41, 5.74) is 3.05. The maximum atomic E-state index is 12.9. The molecule has 2 heterocycles. The zero-order valence-electron chi connectivity index (χ0n) is 14.1. The molecule has 1 amide bonds. The Balaban J connectivity index is 1.68. The summed E-state index contributed by atoms with van der Waals surface area (Å²) in [4.78, 5) is 27.3. The van der Waals surface area contributed by atoms with Crippen molar-refractivity contribution in [3.8, 4) is 0 Å². The number of hydrogen-bond donors (Lipinski definition) is 0. The highest BCUT2D eigenvalue weighted by Gasteiger charge is 2.24. The standard InChI is InChI=1S/C20H19N3O2/c1-14-6-4-8-15-9-5-11-22(19(14)15)18(24)13-23-20(25)17-10-3-2-7-16(17)12-21-23/h2-4,6-8,10,12H,5,9,11,13H2,1H3. The number of aryl methyl sites for hydroxylation is 2. The van der Waals surface area contributed by atoms with Gasteiger partial charge in [0.1, 0.15) is 6.54 Å². The Labute approximate surface area is 145 Å². The average molecular weight is 333 g/mol. The molecule has 126 valence electrons. The number of para-hydroxylation sites is 1. The molecule has 1 aliphatic rings. The number of anilines is 1. The fraction of sp³-hybridized carbons (Fsp3) is 0.250. The molecule has 0 radical (unpaired) electrons. The van der Waals surface area contributed by atoms with Crippen molar-refractivity contribution in [3.63, 3.8) is 0 Å². The Hall–Kier alpha value is -2.95. The molecule has 1 aromatic heterocycles. The normalized spacial score (nSPS) is 13.7. The van der Waals surface area contributed by atoms with Gasteiger partial charge in [0.2, 0.25) is 5.91 Å². The lowest BCUT2D eigenvalue weighted by Gasteiger charge is -2.31. The molecule has 5 nitrogen and oxygen atoms in total. The molecular formula is C20H19N3O2. The second-order valence-electron chi connectivity index (χ2n) is 6.43. The zero-order chi connectivity index (χ0) is 17.4.